The SMILES string of the molecule is Cc1cc(OCC2(CC(=O)N(C)Cc3ccccc3)CCN(S(=O)(=O)c3cccc(Cl)c3Cl)CC2)ccc1Cl. The topological polar surface area (TPSA) is 66.9 Å². The summed E-state index contributed by atoms with van der Waals surface area (Å²) < 4.78 is 34.4. The highest BCUT2D eigenvalue weighted by Gasteiger charge is 2.42. The predicted octanol–water partition coefficient (Wildman–Crippen LogP) is 6.85. The van der Waals surface area contributed by atoms with Gasteiger partial charge in [0.05, 0.1) is 16.7 Å². The monoisotopic (exact) mass is 608 g/mol. The Labute approximate surface area is 245 Å². The van der Waals surface area contributed by atoms with E-state index in [-0.39, 0.29) is 47.0 Å². The van der Waals surface area contributed by atoms with Crippen molar-refractivity contribution >= 4 is 50.7 Å². The minimum atomic E-state index is -3.86. The Morgan fingerprint density at radius 1 is 0.974 bits per heavy atom. The number of hydrogen-bond donors (Lipinski definition) is 0. The molecule has 3 aromatic rings. The molecule has 0 atom stereocenters. The lowest BCUT2D eigenvalue weighted by molar-refractivity contribution is -0.134. The molecule has 1 amide bonds. The van der Waals surface area contributed by atoms with Gasteiger partial charge >= 0.3 is 0 Å². The molecule has 0 N–H and O–H groups in total. The largest absolute Gasteiger partial charge is 0.493 e. The summed E-state index contributed by atoms with van der Waals surface area (Å²) in [6.45, 7) is 3.11. The molecule has 1 saturated heterocycles. The van der Waals surface area contributed by atoms with Crippen LogP contribution in [-0.4, -0.2) is 50.3 Å². The van der Waals surface area contributed by atoms with E-state index in [1.807, 2.05) is 43.3 Å². The van der Waals surface area contributed by atoms with E-state index < -0.39 is 15.4 Å². The predicted molar refractivity (Wildman–Crippen MR) is 156 cm³/mol. The van der Waals surface area contributed by atoms with Crippen molar-refractivity contribution in [3.05, 3.63) is 92.9 Å². The summed E-state index contributed by atoms with van der Waals surface area (Å²) >= 11 is 18.5. The second-order valence-corrected chi connectivity index (χ2v) is 13.2. The number of rotatable bonds is 9. The van der Waals surface area contributed by atoms with Crippen LogP contribution in [0.1, 0.15) is 30.4 Å². The number of amides is 1. The van der Waals surface area contributed by atoms with Gasteiger partial charge in [-0.15, -0.1) is 0 Å². The average Bonchev–Trinajstić information content (AvgIpc) is 2.91. The number of benzene rings is 3. The van der Waals surface area contributed by atoms with E-state index in [9.17, 15) is 13.2 Å². The summed E-state index contributed by atoms with van der Waals surface area (Å²) in [6.07, 6.45) is 1.12. The molecule has 0 saturated carbocycles. The van der Waals surface area contributed by atoms with E-state index in [2.05, 4.69) is 0 Å². The number of carbonyl (C=O) groups excluding carboxylic acids is 1. The lowest BCUT2D eigenvalue weighted by Crippen LogP contribution is -2.47. The summed E-state index contributed by atoms with van der Waals surface area (Å²) in [7, 11) is -2.08. The van der Waals surface area contributed by atoms with E-state index in [1.165, 1.54) is 10.4 Å². The molecule has 0 radical (unpaired) electrons. The normalized spacial score (nSPS) is 15.6. The molecule has 10 heteroatoms. The Morgan fingerprint density at radius 3 is 2.33 bits per heavy atom. The number of aryl methyl sites for hydroxylation is 1. The van der Waals surface area contributed by atoms with Crippen LogP contribution < -0.4 is 4.74 Å². The fourth-order valence-electron chi connectivity index (χ4n) is 4.74. The van der Waals surface area contributed by atoms with Gasteiger partial charge in [0.1, 0.15) is 10.6 Å². The fraction of sp³-hybridized carbons (Fsp3) is 0.345. The van der Waals surface area contributed by atoms with Crippen molar-refractivity contribution in [1.82, 2.24) is 9.21 Å². The van der Waals surface area contributed by atoms with Gasteiger partial charge in [0.2, 0.25) is 15.9 Å². The first-order valence-corrected chi connectivity index (χ1v) is 15.2. The second kappa shape index (κ2) is 12.5. The number of nitrogens with zero attached hydrogens (tertiary/aromatic N) is 2. The molecular formula is C29H31Cl3N2O4S. The summed E-state index contributed by atoms with van der Waals surface area (Å²) in [6, 6.07) is 19.8. The van der Waals surface area contributed by atoms with Gasteiger partial charge in [-0.2, -0.15) is 4.31 Å². The van der Waals surface area contributed by atoms with Gasteiger partial charge in [-0.1, -0.05) is 71.2 Å². The van der Waals surface area contributed by atoms with Gasteiger partial charge in [-0.05, 0) is 61.2 Å². The first kappa shape index (κ1) is 29.7. The van der Waals surface area contributed by atoms with Gasteiger partial charge in [0, 0.05) is 43.5 Å². The van der Waals surface area contributed by atoms with Crippen molar-refractivity contribution in [1.29, 1.82) is 0 Å². The third-order valence-electron chi connectivity index (χ3n) is 7.21. The molecule has 0 aromatic heterocycles. The highest BCUT2D eigenvalue weighted by atomic mass is 35.5. The maximum atomic E-state index is 13.4. The van der Waals surface area contributed by atoms with Crippen molar-refractivity contribution in [3.8, 4) is 5.75 Å². The summed E-state index contributed by atoms with van der Waals surface area (Å²) in [5.74, 6) is 0.631. The minimum Gasteiger partial charge on any atom is -0.493 e. The molecule has 6 nitrogen and oxygen atoms in total. The van der Waals surface area contributed by atoms with Crippen LogP contribution in [0.25, 0.3) is 0 Å². The first-order chi connectivity index (χ1) is 18.5. The zero-order chi connectivity index (χ0) is 28.2. The number of piperidine rings is 1. The number of sulfonamides is 1. The van der Waals surface area contributed by atoms with Crippen LogP contribution in [0, 0.1) is 12.3 Å². The number of halogens is 3. The van der Waals surface area contributed by atoms with Crippen molar-refractivity contribution in [2.75, 3.05) is 26.7 Å². The van der Waals surface area contributed by atoms with E-state index >= 15 is 0 Å². The van der Waals surface area contributed by atoms with Crippen molar-refractivity contribution < 1.29 is 17.9 Å². The molecule has 0 spiro atoms. The molecule has 0 unspecified atom stereocenters. The standard InChI is InChI=1S/C29H31Cl3N2O4S/c1-21-17-23(11-12-24(21)30)38-20-29(18-27(35)33(2)19-22-7-4-3-5-8-22)13-15-34(16-14-29)39(36,37)26-10-6-9-25(31)28(26)32/h3-12,17H,13-16,18-20H2,1-2H3. The fourth-order valence-corrected chi connectivity index (χ4v) is 7.04. The number of carbonyl (C=O) groups is 1. The van der Waals surface area contributed by atoms with Gasteiger partial charge in [0.25, 0.3) is 0 Å². The molecule has 39 heavy (non-hydrogen) atoms. The van der Waals surface area contributed by atoms with Crippen molar-refractivity contribution in [2.24, 2.45) is 5.41 Å². The molecular weight excluding hydrogens is 579 g/mol. The van der Waals surface area contributed by atoms with Crippen LogP contribution >= 0.6 is 34.8 Å². The van der Waals surface area contributed by atoms with E-state index in [0.29, 0.717) is 30.2 Å². The summed E-state index contributed by atoms with van der Waals surface area (Å²) in [5, 5.41) is 0.839. The molecule has 0 aliphatic carbocycles. The second-order valence-electron chi connectivity index (χ2n) is 10.1. The average molecular weight is 610 g/mol. The van der Waals surface area contributed by atoms with Crippen LogP contribution in [0.4, 0.5) is 0 Å². The Morgan fingerprint density at radius 2 is 1.67 bits per heavy atom. The molecule has 0 bridgehead atoms. The van der Waals surface area contributed by atoms with E-state index in [4.69, 9.17) is 39.5 Å². The Hall–Kier alpha value is -2.29. The lowest BCUT2D eigenvalue weighted by atomic mass is 9.76. The molecule has 3 aromatic carbocycles. The quantitative estimate of drug-likeness (QED) is 0.266. The van der Waals surface area contributed by atoms with Gasteiger partial charge < -0.3 is 9.64 Å². The summed E-state index contributed by atoms with van der Waals surface area (Å²) in [5.41, 5.74) is 1.37. The van der Waals surface area contributed by atoms with Gasteiger partial charge in [-0.25, -0.2) is 8.42 Å². The zero-order valence-corrected chi connectivity index (χ0v) is 25.0. The van der Waals surface area contributed by atoms with Crippen molar-refractivity contribution in [2.45, 2.75) is 37.6 Å². The Bertz CT molecular complexity index is 1430. The highest BCUT2D eigenvalue weighted by Crippen LogP contribution is 2.40. The minimum absolute atomic E-state index is 0.00941. The van der Waals surface area contributed by atoms with E-state index in [1.54, 1.807) is 36.2 Å². The van der Waals surface area contributed by atoms with Crippen LogP contribution in [0.2, 0.25) is 15.1 Å². The van der Waals surface area contributed by atoms with Crippen LogP contribution in [0.5, 0.6) is 5.75 Å². The molecule has 4 rings (SSSR count). The smallest absolute Gasteiger partial charge is 0.244 e. The van der Waals surface area contributed by atoms with Crippen LogP contribution in [-0.2, 0) is 21.4 Å². The van der Waals surface area contributed by atoms with E-state index in [0.717, 1.165) is 11.1 Å². The van der Waals surface area contributed by atoms with Gasteiger partial charge in [-0.3, -0.25) is 4.79 Å². The molecule has 208 valence electrons. The summed E-state index contributed by atoms with van der Waals surface area (Å²) in [4.78, 5) is 15.1. The Balaban J connectivity index is 1.52. The highest BCUT2D eigenvalue weighted by molar-refractivity contribution is 7.89. The molecule has 1 aliphatic rings. The third-order valence-corrected chi connectivity index (χ3v) is 10.5. The van der Waals surface area contributed by atoms with Crippen LogP contribution in [0.3, 0.4) is 0 Å². The maximum absolute atomic E-state index is 13.4. The molecule has 1 heterocycles. The zero-order valence-electron chi connectivity index (χ0n) is 21.9. The maximum Gasteiger partial charge on any atom is 0.244 e. The molecule has 1 aliphatic heterocycles. The van der Waals surface area contributed by atoms with Crippen molar-refractivity contribution in [3.63, 3.8) is 0 Å². The number of ether oxygens (including phenoxy) is 1. The Kier molecular flexibility index (Phi) is 9.50. The number of hydrogen-bond acceptors (Lipinski definition) is 4. The first-order valence-electron chi connectivity index (χ1n) is 12.6. The molecule has 1 fully saturated rings. The third kappa shape index (κ3) is 7.08. The van der Waals surface area contributed by atoms with Gasteiger partial charge in [0.15, 0.2) is 0 Å². The van der Waals surface area contributed by atoms with Crippen LogP contribution in [0.15, 0.2) is 71.6 Å². The lowest BCUT2D eigenvalue weighted by Gasteiger charge is -2.41.